The van der Waals surface area contributed by atoms with Gasteiger partial charge in [-0.15, -0.1) is 0 Å². The van der Waals surface area contributed by atoms with Crippen molar-refractivity contribution in [1.29, 1.82) is 0 Å². The van der Waals surface area contributed by atoms with Gasteiger partial charge in [0.2, 0.25) is 0 Å². The SMILES string of the molecule is OCC1(CNc2ccc(Cl)cc2)CC1. The molecule has 2 nitrogen and oxygen atoms in total. The summed E-state index contributed by atoms with van der Waals surface area (Å²) in [6.07, 6.45) is 2.26. The van der Waals surface area contributed by atoms with Crippen LogP contribution >= 0.6 is 11.6 Å². The molecule has 2 N–H and O–H groups in total. The summed E-state index contributed by atoms with van der Waals surface area (Å²) < 4.78 is 0. The van der Waals surface area contributed by atoms with Gasteiger partial charge in [-0.3, -0.25) is 0 Å². The lowest BCUT2D eigenvalue weighted by atomic mass is 10.1. The number of halogens is 1. The zero-order chi connectivity index (χ0) is 10.0. The average Bonchev–Trinajstić information content (AvgIpc) is 2.98. The number of rotatable bonds is 4. The molecule has 3 heteroatoms. The zero-order valence-corrected chi connectivity index (χ0v) is 8.72. The summed E-state index contributed by atoms with van der Waals surface area (Å²) in [5.41, 5.74) is 1.22. The van der Waals surface area contributed by atoms with E-state index in [2.05, 4.69) is 5.32 Å². The Bertz CT molecular complexity index is 306. The third kappa shape index (κ3) is 2.20. The average molecular weight is 212 g/mol. The van der Waals surface area contributed by atoms with Crippen molar-refractivity contribution in [2.45, 2.75) is 12.8 Å². The van der Waals surface area contributed by atoms with E-state index in [4.69, 9.17) is 16.7 Å². The van der Waals surface area contributed by atoms with E-state index in [0.717, 1.165) is 30.1 Å². The van der Waals surface area contributed by atoms with Gasteiger partial charge in [0.1, 0.15) is 0 Å². The summed E-state index contributed by atoms with van der Waals surface area (Å²) >= 11 is 5.77. The predicted octanol–water partition coefficient (Wildman–Crippen LogP) is 2.52. The predicted molar refractivity (Wildman–Crippen MR) is 58.7 cm³/mol. The number of nitrogens with one attached hydrogen (secondary N) is 1. The van der Waals surface area contributed by atoms with E-state index in [1.807, 2.05) is 24.3 Å². The van der Waals surface area contributed by atoms with E-state index >= 15 is 0 Å². The van der Waals surface area contributed by atoms with Crippen molar-refractivity contribution in [3.05, 3.63) is 29.3 Å². The van der Waals surface area contributed by atoms with Crippen molar-refractivity contribution >= 4 is 17.3 Å². The molecule has 0 amide bonds. The fourth-order valence-corrected chi connectivity index (χ4v) is 1.55. The molecule has 1 aromatic carbocycles. The number of benzene rings is 1. The first kappa shape index (κ1) is 9.81. The van der Waals surface area contributed by atoms with Gasteiger partial charge < -0.3 is 10.4 Å². The molecule has 1 aromatic rings. The molecule has 14 heavy (non-hydrogen) atoms. The van der Waals surface area contributed by atoms with Gasteiger partial charge in [-0.05, 0) is 37.1 Å². The Morgan fingerprint density at radius 1 is 1.29 bits per heavy atom. The Balaban J connectivity index is 1.89. The third-order valence-electron chi connectivity index (χ3n) is 2.80. The van der Waals surface area contributed by atoms with Gasteiger partial charge in [-0.1, -0.05) is 11.6 Å². The highest BCUT2D eigenvalue weighted by Crippen LogP contribution is 2.44. The molecule has 1 aliphatic carbocycles. The molecule has 0 atom stereocenters. The minimum Gasteiger partial charge on any atom is -0.396 e. The molecule has 0 unspecified atom stereocenters. The molecule has 0 heterocycles. The Kier molecular flexibility index (Phi) is 2.66. The maximum atomic E-state index is 9.12. The molecule has 1 fully saturated rings. The van der Waals surface area contributed by atoms with Gasteiger partial charge in [0.05, 0.1) is 6.61 Å². The summed E-state index contributed by atoms with van der Waals surface area (Å²) in [6.45, 7) is 1.14. The highest BCUT2D eigenvalue weighted by atomic mass is 35.5. The van der Waals surface area contributed by atoms with Gasteiger partial charge in [-0.2, -0.15) is 0 Å². The van der Waals surface area contributed by atoms with Crippen LogP contribution in [0.25, 0.3) is 0 Å². The molecule has 76 valence electrons. The van der Waals surface area contributed by atoms with Crippen LogP contribution in [0.4, 0.5) is 5.69 Å². The van der Waals surface area contributed by atoms with Crippen LogP contribution < -0.4 is 5.32 Å². The van der Waals surface area contributed by atoms with Crippen LogP contribution in [0.2, 0.25) is 5.02 Å². The minimum atomic E-state index is 0.152. The van der Waals surface area contributed by atoms with Crippen LogP contribution in [0.1, 0.15) is 12.8 Å². The van der Waals surface area contributed by atoms with Gasteiger partial charge in [0.15, 0.2) is 0 Å². The quantitative estimate of drug-likeness (QED) is 0.802. The largest absolute Gasteiger partial charge is 0.396 e. The summed E-state index contributed by atoms with van der Waals surface area (Å²) in [5, 5.41) is 13.2. The number of aliphatic hydroxyl groups excluding tert-OH is 1. The van der Waals surface area contributed by atoms with E-state index in [1.54, 1.807) is 0 Å². The smallest absolute Gasteiger partial charge is 0.0504 e. The lowest BCUT2D eigenvalue weighted by Gasteiger charge is -2.13. The topological polar surface area (TPSA) is 32.3 Å². The van der Waals surface area contributed by atoms with Crippen LogP contribution in [-0.2, 0) is 0 Å². The third-order valence-corrected chi connectivity index (χ3v) is 3.06. The fraction of sp³-hybridized carbons (Fsp3) is 0.455. The normalized spacial score (nSPS) is 17.9. The molecule has 0 bridgehead atoms. The van der Waals surface area contributed by atoms with Crippen LogP contribution in [0.3, 0.4) is 0 Å². The Morgan fingerprint density at radius 3 is 2.43 bits per heavy atom. The molecule has 2 rings (SSSR count). The Labute approximate surface area is 88.9 Å². The summed E-state index contributed by atoms with van der Waals surface area (Å²) in [6, 6.07) is 7.64. The molecule has 1 aliphatic rings. The first-order valence-corrected chi connectivity index (χ1v) is 5.22. The van der Waals surface area contributed by atoms with E-state index < -0.39 is 0 Å². The monoisotopic (exact) mass is 211 g/mol. The first-order valence-electron chi connectivity index (χ1n) is 4.84. The van der Waals surface area contributed by atoms with Gasteiger partial charge in [0, 0.05) is 22.7 Å². The van der Waals surface area contributed by atoms with Crippen molar-refractivity contribution in [3.8, 4) is 0 Å². The van der Waals surface area contributed by atoms with E-state index in [-0.39, 0.29) is 12.0 Å². The lowest BCUT2D eigenvalue weighted by molar-refractivity contribution is 0.220. The zero-order valence-electron chi connectivity index (χ0n) is 7.96. The van der Waals surface area contributed by atoms with Gasteiger partial charge in [-0.25, -0.2) is 0 Å². The molecule has 0 aliphatic heterocycles. The second-order valence-corrected chi connectivity index (χ2v) is 4.45. The van der Waals surface area contributed by atoms with Crippen molar-refractivity contribution in [1.82, 2.24) is 0 Å². The number of anilines is 1. The lowest BCUT2D eigenvalue weighted by Crippen LogP contribution is -2.18. The maximum Gasteiger partial charge on any atom is 0.0504 e. The van der Waals surface area contributed by atoms with Crippen molar-refractivity contribution in [2.75, 3.05) is 18.5 Å². The summed E-state index contributed by atoms with van der Waals surface area (Å²) in [7, 11) is 0. The van der Waals surface area contributed by atoms with E-state index in [1.165, 1.54) is 0 Å². The molecular formula is C11H14ClNO. The highest BCUT2D eigenvalue weighted by molar-refractivity contribution is 6.30. The molecule has 0 aromatic heterocycles. The number of hydrogen-bond donors (Lipinski definition) is 2. The fourth-order valence-electron chi connectivity index (χ4n) is 1.42. The molecule has 0 saturated heterocycles. The molecular weight excluding hydrogens is 198 g/mol. The molecule has 0 spiro atoms. The maximum absolute atomic E-state index is 9.12. The molecule has 0 radical (unpaired) electrons. The van der Waals surface area contributed by atoms with Crippen LogP contribution in [0, 0.1) is 5.41 Å². The van der Waals surface area contributed by atoms with Crippen LogP contribution in [0.15, 0.2) is 24.3 Å². The van der Waals surface area contributed by atoms with E-state index in [9.17, 15) is 0 Å². The minimum absolute atomic E-state index is 0.152. The summed E-state index contributed by atoms with van der Waals surface area (Å²) in [5.74, 6) is 0. The van der Waals surface area contributed by atoms with Gasteiger partial charge in [0.25, 0.3) is 0 Å². The first-order chi connectivity index (χ1) is 6.74. The highest BCUT2D eigenvalue weighted by Gasteiger charge is 2.41. The second kappa shape index (κ2) is 3.79. The Hall–Kier alpha value is -0.730. The van der Waals surface area contributed by atoms with Crippen molar-refractivity contribution in [2.24, 2.45) is 5.41 Å². The molecule has 1 saturated carbocycles. The Morgan fingerprint density at radius 2 is 1.93 bits per heavy atom. The van der Waals surface area contributed by atoms with Gasteiger partial charge >= 0.3 is 0 Å². The van der Waals surface area contributed by atoms with E-state index in [0.29, 0.717) is 0 Å². The summed E-state index contributed by atoms with van der Waals surface area (Å²) in [4.78, 5) is 0. The number of hydrogen-bond acceptors (Lipinski definition) is 2. The van der Waals surface area contributed by atoms with Crippen molar-refractivity contribution < 1.29 is 5.11 Å². The van der Waals surface area contributed by atoms with Crippen LogP contribution in [0.5, 0.6) is 0 Å². The number of aliphatic hydroxyl groups is 1. The second-order valence-electron chi connectivity index (χ2n) is 4.02. The van der Waals surface area contributed by atoms with Crippen LogP contribution in [-0.4, -0.2) is 18.3 Å². The van der Waals surface area contributed by atoms with Crippen molar-refractivity contribution in [3.63, 3.8) is 0 Å². The standard InChI is InChI=1S/C11H14ClNO/c12-9-1-3-10(4-2-9)13-7-11(8-14)5-6-11/h1-4,13-14H,5-8H2.